The van der Waals surface area contributed by atoms with Crippen molar-refractivity contribution in [2.75, 3.05) is 5.32 Å². The van der Waals surface area contributed by atoms with Crippen LogP contribution < -0.4 is 5.32 Å². The van der Waals surface area contributed by atoms with E-state index in [-0.39, 0.29) is 0 Å². The lowest BCUT2D eigenvalue weighted by molar-refractivity contribution is 1.14. The van der Waals surface area contributed by atoms with Gasteiger partial charge in [-0.05, 0) is 49.2 Å². The Morgan fingerprint density at radius 2 is 2.00 bits per heavy atom. The van der Waals surface area contributed by atoms with Crippen molar-refractivity contribution in [3.05, 3.63) is 57.0 Å². The Kier molecular flexibility index (Phi) is 3.76. The Labute approximate surface area is 131 Å². The molecule has 0 amide bonds. The Balaban J connectivity index is 1.77. The van der Waals surface area contributed by atoms with E-state index in [1.54, 1.807) is 11.3 Å². The van der Waals surface area contributed by atoms with Crippen molar-refractivity contribution in [2.24, 2.45) is 0 Å². The molecule has 1 N–H and O–H groups in total. The zero-order valence-electron chi connectivity index (χ0n) is 11.4. The van der Waals surface area contributed by atoms with Crippen LogP contribution in [0.5, 0.6) is 0 Å². The van der Waals surface area contributed by atoms with Crippen molar-refractivity contribution < 1.29 is 0 Å². The number of nitrogens with zero attached hydrogens (tertiary/aromatic N) is 1. The minimum atomic E-state index is 0.822. The molecule has 0 fully saturated rings. The lowest BCUT2D eigenvalue weighted by atomic mass is 10.1. The van der Waals surface area contributed by atoms with Crippen molar-refractivity contribution in [3.8, 4) is 0 Å². The van der Waals surface area contributed by atoms with Crippen molar-refractivity contribution in [1.29, 1.82) is 0 Å². The van der Waals surface area contributed by atoms with Gasteiger partial charge in [0, 0.05) is 16.7 Å². The normalized spacial score (nSPS) is 10.9. The summed E-state index contributed by atoms with van der Waals surface area (Å²) >= 11 is 5.31. The van der Waals surface area contributed by atoms with Crippen molar-refractivity contribution in [3.63, 3.8) is 0 Å². The second-order valence-corrected chi connectivity index (χ2v) is 6.94. The van der Waals surface area contributed by atoms with E-state index in [1.807, 2.05) is 6.92 Å². The number of benzene rings is 2. The fourth-order valence-electron chi connectivity index (χ4n) is 2.10. The summed E-state index contributed by atoms with van der Waals surface area (Å²) in [6, 6.07) is 12.8. The van der Waals surface area contributed by atoms with Crippen LogP contribution in [-0.4, -0.2) is 4.98 Å². The highest BCUT2D eigenvalue weighted by Gasteiger charge is 2.02. The van der Waals surface area contributed by atoms with Gasteiger partial charge in [0.05, 0.1) is 15.2 Å². The lowest BCUT2D eigenvalue weighted by Crippen LogP contribution is -1.99. The summed E-state index contributed by atoms with van der Waals surface area (Å²) in [7, 11) is 0. The number of thiazole rings is 1. The van der Waals surface area contributed by atoms with E-state index in [2.05, 4.69) is 69.6 Å². The van der Waals surface area contributed by atoms with Gasteiger partial charge in [0.15, 0.2) is 0 Å². The van der Waals surface area contributed by atoms with Gasteiger partial charge in [-0.3, -0.25) is 0 Å². The number of aromatic nitrogens is 1. The fourth-order valence-corrected chi connectivity index (χ4v) is 3.39. The second kappa shape index (κ2) is 5.54. The van der Waals surface area contributed by atoms with Crippen LogP contribution in [0, 0.1) is 13.8 Å². The Bertz CT molecular complexity index is 764. The Morgan fingerprint density at radius 3 is 2.80 bits per heavy atom. The monoisotopic (exact) mass is 346 g/mol. The topological polar surface area (TPSA) is 24.9 Å². The van der Waals surface area contributed by atoms with Crippen molar-refractivity contribution >= 4 is 43.2 Å². The van der Waals surface area contributed by atoms with Crippen LogP contribution in [0.15, 0.2) is 40.9 Å². The van der Waals surface area contributed by atoms with Gasteiger partial charge < -0.3 is 5.32 Å². The summed E-state index contributed by atoms with van der Waals surface area (Å²) in [6.07, 6.45) is 0. The zero-order chi connectivity index (χ0) is 14.1. The van der Waals surface area contributed by atoms with Crippen LogP contribution in [0.3, 0.4) is 0 Å². The smallest absolute Gasteiger partial charge is 0.0907 e. The fraction of sp³-hybridized carbons (Fsp3) is 0.188. The Morgan fingerprint density at radius 1 is 1.15 bits per heavy atom. The number of anilines is 1. The van der Waals surface area contributed by atoms with E-state index in [0.717, 1.165) is 27.2 Å². The molecule has 0 bridgehead atoms. The van der Waals surface area contributed by atoms with Crippen LogP contribution >= 0.6 is 27.3 Å². The molecular formula is C16H15BrN2S. The summed E-state index contributed by atoms with van der Waals surface area (Å²) in [5, 5.41) is 4.58. The third kappa shape index (κ3) is 2.86. The number of nitrogens with one attached hydrogen (secondary N) is 1. The molecule has 4 heteroatoms. The van der Waals surface area contributed by atoms with Crippen molar-refractivity contribution in [2.45, 2.75) is 20.4 Å². The van der Waals surface area contributed by atoms with Crippen LogP contribution in [0.2, 0.25) is 0 Å². The summed E-state index contributed by atoms with van der Waals surface area (Å²) in [5.74, 6) is 0. The van der Waals surface area contributed by atoms with Gasteiger partial charge in [-0.15, -0.1) is 11.3 Å². The van der Waals surface area contributed by atoms with E-state index in [4.69, 9.17) is 0 Å². The first-order valence-corrected chi connectivity index (χ1v) is 8.09. The van der Waals surface area contributed by atoms with Crippen LogP contribution in [0.25, 0.3) is 10.2 Å². The van der Waals surface area contributed by atoms with Gasteiger partial charge in [-0.25, -0.2) is 4.98 Å². The van der Waals surface area contributed by atoms with Crippen molar-refractivity contribution in [1.82, 2.24) is 4.98 Å². The highest BCUT2D eigenvalue weighted by molar-refractivity contribution is 9.10. The molecule has 2 aromatic carbocycles. The maximum Gasteiger partial charge on any atom is 0.0907 e. The molecule has 0 atom stereocenters. The molecule has 0 saturated heterocycles. The minimum Gasteiger partial charge on any atom is -0.381 e. The average Bonchev–Trinajstić information content (AvgIpc) is 2.79. The number of fused-ring (bicyclic) bond motifs is 1. The SMILES string of the molecule is Cc1nc2ccc(NCc3ccc(C)c(Br)c3)cc2s1. The molecule has 1 aromatic heterocycles. The first-order valence-electron chi connectivity index (χ1n) is 6.48. The van der Waals surface area contributed by atoms with Gasteiger partial charge in [0.25, 0.3) is 0 Å². The van der Waals surface area contributed by atoms with Gasteiger partial charge in [-0.1, -0.05) is 28.1 Å². The van der Waals surface area contributed by atoms with E-state index in [0.29, 0.717) is 0 Å². The van der Waals surface area contributed by atoms with Crippen LogP contribution in [0.4, 0.5) is 5.69 Å². The first kappa shape index (κ1) is 13.6. The summed E-state index contributed by atoms with van der Waals surface area (Å²) in [4.78, 5) is 4.48. The quantitative estimate of drug-likeness (QED) is 0.697. The van der Waals surface area contributed by atoms with Gasteiger partial charge in [0.1, 0.15) is 0 Å². The van der Waals surface area contributed by atoms with E-state index in [9.17, 15) is 0 Å². The molecule has 0 saturated carbocycles. The van der Waals surface area contributed by atoms with Crippen LogP contribution in [0.1, 0.15) is 16.1 Å². The molecule has 0 aliphatic carbocycles. The number of aryl methyl sites for hydroxylation is 2. The third-order valence-electron chi connectivity index (χ3n) is 3.23. The number of hydrogen-bond acceptors (Lipinski definition) is 3. The molecule has 0 aliphatic heterocycles. The van der Waals surface area contributed by atoms with Gasteiger partial charge in [-0.2, -0.15) is 0 Å². The predicted molar refractivity (Wildman–Crippen MR) is 90.6 cm³/mol. The number of rotatable bonds is 3. The van der Waals surface area contributed by atoms with Crippen LogP contribution in [-0.2, 0) is 6.54 Å². The zero-order valence-corrected chi connectivity index (χ0v) is 13.8. The third-order valence-corrected chi connectivity index (χ3v) is 5.02. The van der Waals surface area contributed by atoms with E-state index >= 15 is 0 Å². The second-order valence-electron chi connectivity index (χ2n) is 4.85. The maximum absolute atomic E-state index is 4.48. The molecule has 102 valence electrons. The predicted octanol–water partition coefficient (Wildman–Crippen LogP) is 5.29. The molecule has 0 spiro atoms. The number of halogens is 1. The van der Waals surface area contributed by atoms with Gasteiger partial charge >= 0.3 is 0 Å². The molecule has 20 heavy (non-hydrogen) atoms. The molecule has 0 aliphatic rings. The van der Waals surface area contributed by atoms with E-state index < -0.39 is 0 Å². The molecule has 3 rings (SSSR count). The largest absolute Gasteiger partial charge is 0.381 e. The summed E-state index contributed by atoms with van der Waals surface area (Å²) < 4.78 is 2.39. The van der Waals surface area contributed by atoms with Gasteiger partial charge in [0.2, 0.25) is 0 Å². The Hall–Kier alpha value is -1.39. The first-order chi connectivity index (χ1) is 9.61. The molecule has 0 radical (unpaired) electrons. The molecule has 3 aromatic rings. The summed E-state index contributed by atoms with van der Waals surface area (Å²) in [5.41, 5.74) is 4.74. The highest BCUT2D eigenvalue weighted by atomic mass is 79.9. The highest BCUT2D eigenvalue weighted by Crippen LogP contribution is 2.25. The van der Waals surface area contributed by atoms with E-state index in [1.165, 1.54) is 15.8 Å². The molecule has 0 unspecified atom stereocenters. The molecule has 2 nitrogen and oxygen atoms in total. The summed E-state index contributed by atoms with van der Waals surface area (Å²) in [6.45, 7) is 4.96. The average molecular weight is 347 g/mol. The molecule has 1 heterocycles. The number of hydrogen-bond donors (Lipinski definition) is 1. The standard InChI is InChI=1S/C16H15BrN2S/c1-10-3-4-12(7-14(10)17)9-18-13-5-6-15-16(8-13)20-11(2)19-15/h3-8,18H,9H2,1-2H3. The maximum atomic E-state index is 4.48. The minimum absolute atomic E-state index is 0.822. The lowest BCUT2D eigenvalue weighted by Gasteiger charge is -2.08. The molecular weight excluding hydrogens is 332 g/mol.